The molecule has 282 valence electrons. The third kappa shape index (κ3) is 7.91. The number of imidazole rings is 1. The van der Waals surface area contributed by atoms with Crippen molar-refractivity contribution in [3.05, 3.63) is 134 Å². The Hall–Kier alpha value is -5.42. The molecule has 0 saturated heterocycles. The van der Waals surface area contributed by atoms with E-state index in [2.05, 4.69) is 26.2 Å². The van der Waals surface area contributed by atoms with Gasteiger partial charge in [0.1, 0.15) is 18.1 Å². The van der Waals surface area contributed by atoms with Gasteiger partial charge in [-0.05, 0) is 67.1 Å². The summed E-state index contributed by atoms with van der Waals surface area (Å²) >= 11 is 2.88. The van der Waals surface area contributed by atoms with Crippen molar-refractivity contribution in [1.29, 1.82) is 0 Å². The molecule has 3 aromatic carbocycles. The lowest BCUT2D eigenvalue weighted by atomic mass is 10.0. The molecular formula is C37H30BrF6N5O5. The summed E-state index contributed by atoms with van der Waals surface area (Å²) in [4.78, 5) is 47.7. The van der Waals surface area contributed by atoms with Crippen LogP contribution < -0.4 is 15.7 Å². The van der Waals surface area contributed by atoms with E-state index < -0.39 is 54.2 Å². The maximum absolute atomic E-state index is 14.2. The van der Waals surface area contributed by atoms with Gasteiger partial charge < -0.3 is 20.1 Å². The Labute approximate surface area is 311 Å². The number of hydrogen-bond acceptors (Lipinski definition) is 6. The largest absolute Gasteiger partial charge is 0.491 e. The van der Waals surface area contributed by atoms with Crippen LogP contribution in [0.5, 0.6) is 5.75 Å². The summed E-state index contributed by atoms with van der Waals surface area (Å²) < 4.78 is 86.8. The third-order valence-electron chi connectivity index (χ3n) is 8.82. The number of amides is 2. The zero-order chi connectivity index (χ0) is 38.9. The number of nitrogens with one attached hydrogen (secondary N) is 1. The van der Waals surface area contributed by atoms with E-state index in [0.717, 1.165) is 22.3 Å². The van der Waals surface area contributed by atoms with Crippen LogP contribution in [0.25, 0.3) is 16.9 Å². The molecule has 0 unspecified atom stereocenters. The number of halogens is 7. The molecule has 2 aromatic heterocycles. The Morgan fingerprint density at radius 1 is 1.00 bits per heavy atom. The van der Waals surface area contributed by atoms with E-state index in [1.165, 1.54) is 39.8 Å². The molecule has 0 aliphatic carbocycles. The summed E-state index contributed by atoms with van der Waals surface area (Å²) in [5.74, 6) is -1.55. The van der Waals surface area contributed by atoms with Gasteiger partial charge in [-0.1, -0.05) is 46.3 Å². The van der Waals surface area contributed by atoms with Crippen LogP contribution in [-0.2, 0) is 25.8 Å². The van der Waals surface area contributed by atoms with Crippen LogP contribution in [0.2, 0.25) is 0 Å². The monoisotopic (exact) mass is 817 g/mol. The molecule has 3 heterocycles. The number of aliphatic hydroxyl groups excluding tert-OH is 1. The number of benzene rings is 3. The van der Waals surface area contributed by atoms with Crippen LogP contribution >= 0.6 is 15.9 Å². The first-order chi connectivity index (χ1) is 25.5. The first-order valence-electron chi connectivity index (χ1n) is 16.3. The van der Waals surface area contributed by atoms with Crippen LogP contribution in [0.1, 0.15) is 44.6 Å². The molecule has 54 heavy (non-hydrogen) atoms. The highest BCUT2D eigenvalue weighted by Gasteiger charge is 2.39. The van der Waals surface area contributed by atoms with Crippen LogP contribution in [0.3, 0.4) is 0 Å². The lowest BCUT2D eigenvalue weighted by molar-refractivity contribution is -0.210. The molecule has 0 bridgehead atoms. The Morgan fingerprint density at radius 3 is 2.37 bits per heavy atom. The highest BCUT2D eigenvalue weighted by molar-refractivity contribution is 9.10. The second-order valence-electron chi connectivity index (χ2n) is 12.4. The van der Waals surface area contributed by atoms with Gasteiger partial charge in [0.15, 0.2) is 6.10 Å². The van der Waals surface area contributed by atoms with Crippen LogP contribution in [-0.4, -0.2) is 60.9 Å². The quantitative estimate of drug-likeness (QED) is 0.159. The van der Waals surface area contributed by atoms with Gasteiger partial charge in [-0.15, -0.1) is 0 Å². The fraction of sp³-hybridized carbons (Fsp3) is 0.243. The van der Waals surface area contributed by atoms with Crippen molar-refractivity contribution >= 4 is 27.7 Å². The molecule has 17 heteroatoms. The summed E-state index contributed by atoms with van der Waals surface area (Å²) in [6.45, 7) is 0.0701. The standard InChI is InChI=1S/C37H30BrF6N5O5/c1-21-18-48-30(19-47(21)34(52)22-9-14-28(38)27(16-22)36(39,40)41)32(33(51)46-17-23-6-2-3-7-26(23)29-8-4-5-15-45-29)49(35(48)53)24-10-12-25(13-11-24)54-20-31(50)37(42,43)44/h2-16,21,31,50H,17-20H2,1H3,(H,46,51)/t21-,31-/m0/s1. The van der Waals surface area contributed by atoms with Crippen molar-refractivity contribution in [1.82, 2.24) is 24.3 Å². The predicted molar refractivity (Wildman–Crippen MR) is 187 cm³/mol. The Morgan fingerprint density at radius 2 is 1.70 bits per heavy atom. The van der Waals surface area contributed by atoms with Gasteiger partial charge in [-0.3, -0.25) is 23.7 Å². The number of rotatable bonds is 9. The van der Waals surface area contributed by atoms with Crippen molar-refractivity contribution in [2.75, 3.05) is 6.61 Å². The van der Waals surface area contributed by atoms with Crippen molar-refractivity contribution < 1.29 is 45.8 Å². The van der Waals surface area contributed by atoms with Crippen LogP contribution in [0.4, 0.5) is 26.3 Å². The van der Waals surface area contributed by atoms with E-state index in [4.69, 9.17) is 4.74 Å². The smallest absolute Gasteiger partial charge is 0.417 e. The fourth-order valence-electron chi connectivity index (χ4n) is 6.07. The molecule has 0 saturated carbocycles. The summed E-state index contributed by atoms with van der Waals surface area (Å²) in [6, 6.07) is 20.2. The molecule has 1 aliphatic heterocycles. The summed E-state index contributed by atoms with van der Waals surface area (Å²) in [5, 5.41) is 12.2. The van der Waals surface area contributed by atoms with Gasteiger partial charge in [-0.25, -0.2) is 4.79 Å². The normalized spacial score (nSPS) is 15.1. The van der Waals surface area contributed by atoms with Crippen molar-refractivity contribution in [2.45, 2.75) is 51.1 Å². The van der Waals surface area contributed by atoms with Gasteiger partial charge in [0, 0.05) is 40.9 Å². The average Bonchev–Trinajstić information content (AvgIpc) is 3.42. The van der Waals surface area contributed by atoms with Crippen LogP contribution in [0.15, 0.2) is 100 Å². The molecule has 0 fully saturated rings. The lowest BCUT2D eigenvalue weighted by Gasteiger charge is -2.34. The van der Waals surface area contributed by atoms with E-state index >= 15 is 0 Å². The first kappa shape index (κ1) is 38.3. The zero-order valence-corrected chi connectivity index (χ0v) is 29.7. The number of hydrogen-bond donors (Lipinski definition) is 2. The molecule has 2 N–H and O–H groups in total. The van der Waals surface area contributed by atoms with Gasteiger partial charge >= 0.3 is 18.0 Å². The minimum absolute atomic E-state index is 0.0170. The lowest BCUT2D eigenvalue weighted by Crippen LogP contribution is -2.47. The Bertz CT molecular complexity index is 2240. The van der Waals surface area contributed by atoms with E-state index in [0.29, 0.717) is 11.3 Å². The summed E-state index contributed by atoms with van der Waals surface area (Å²) in [6.07, 6.45) is -10.8. The van der Waals surface area contributed by atoms with E-state index in [-0.39, 0.29) is 52.5 Å². The molecule has 0 spiro atoms. The van der Waals surface area contributed by atoms with Gasteiger partial charge in [-0.2, -0.15) is 26.3 Å². The Kier molecular flexibility index (Phi) is 10.7. The minimum atomic E-state index is -4.90. The number of pyridine rings is 1. The average molecular weight is 819 g/mol. The van der Waals surface area contributed by atoms with E-state index in [1.54, 1.807) is 37.4 Å². The van der Waals surface area contributed by atoms with E-state index in [9.17, 15) is 45.8 Å². The molecule has 2 atom stereocenters. The number of aromatic nitrogens is 3. The highest BCUT2D eigenvalue weighted by Crippen LogP contribution is 2.36. The number of carbonyl (C=O) groups is 2. The molecule has 6 rings (SSSR count). The third-order valence-corrected chi connectivity index (χ3v) is 9.51. The molecule has 10 nitrogen and oxygen atoms in total. The fourth-order valence-corrected chi connectivity index (χ4v) is 6.54. The number of fused-ring (bicyclic) bond motifs is 1. The second-order valence-corrected chi connectivity index (χ2v) is 13.3. The molecule has 2 amide bonds. The number of ether oxygens (including phenoxy) is 1. The molecule has 1 aliphatic rings. The number of carbonyl (C=O) groups excluding carboxylic acids is 2. The highest BCUT2D eigenvalue weighted by atomic mass is 79.9. The maximum atomic E-state index is 14.2. The van der Waals surface area contributed by atoms with Crippen LogP contribution in [0, 0.1) is 0 Å². The Balaban J connectivity index is 1.37. The van der Waals surface area contributed by atoms with Crippen molar-refractivity contribution in [3.8, 4) is 22.7 Å². The summed E-state index contributed by atoms with van der Waals surface area (Å²) in [5.41, 5.74) is 0.148. The van der Waals surface area contributed by atoms with Gasteiger partial charge in [0.25, 0.3) is 11.8 Å². The number of nitrogens with zero attached hydrogens (tertiary/aromatic N) is 4. The predicted octanol–water partition coefficient (Wildman–Crippen LogP) is 6.76. The minimum Gasteiger partial charge on any atom is -0.491 e. The number of aliphatic hydroxyl groups is 1. The van der Waals surface area contributed by atoms with Crippen molar-refractivity contribution in [3.63, 3.8) is 0 Å². The molecular weight excluding hydrogens is 788 g/mol. The van der Waals surface area contributed by atoms with Gasteiger partial charge in [0.05, 0.1) is 29.2 Å². The molecule has 0 radical (unpaired) electrons. The van der Waals surface area contributed by atoms with E-state index in [1.807, 2.05) is 18.2 Å². The topological polar surface area (TPSA) is 119 Å². The summed E-state index contributed by atoms with van der Waals surface area (Å²) in [7, 11) is 0. The second kappa shape index (κ2) is 15.1. The zero-order valence-electron chi connectivity index (χ0n) is 28.2. The SMILES string of the molecule is C[C@H]1Cn2c(c(C(=O)NCc3ccccc3-c3ccccn3)n(-c3ccc(OC[C@H](O)C(F)(F)F)cc3)c2=O)CN1C(=O)c1ccc(Br)c(C(F)(F)F)c1. The first-order valence-corrected chi connectivity index (χ1v) is 17.1. The molecule has 5 aromatic rings. The number of alkyl halides is 6. The maximum Gasteiger partial charge on any atom is 0.417 e. The van der Waals surface area contributed by atoms with Gasteiger partial charge in [0.2, 0.25) is 0 Å². The van der Waals surface area contributed by atoms with Crippen molar-refractivity contribution in [2.24, 2.45) is 0 Å².